The predicted octanol–water partition coefficient (Wildman–Crippen LogP) is 3.08. The second-order valence-corrected chi connectivity index (χ2v) is 0.866. The van der Waals surface area contributed by atoms with E-state index in [0.29, 0.717) is 0 Å². The van der Waals surface area contributed by atoms with Crippen LogP contribution < -0.4 is 0 Å². The molecule has 12 heavy (non-hydrogen) atoms. The molecule has 0 amide bonds. The van der Waals surface area contributed by atoms with Crippen molar-refractivity contribution >= 4 is 0 Å². The molecule has 0 aliphatic rings. The Morgan fingerprint density at radius 2 is 0.667 bits per heavy atom. The molecule has 0 fully saturated rings. The Labute approximate surface area is 153 Å². The molecule has 4 heteroatoms. The van der Waals surface area contributed by atoms with Crippen molar-refractivity contribution in [1.29, 1.82) is 0 Å². The van der Waals surface area contributed by atoms with E-state index >= 15 is 0 Å². The smallest absolute Gasteiger partial charge is 0 e. The fourth-order valence-electron chi connectivity index (χ4n) is 0. The minimum atomic E-state index is 0. The summed E-state index contributed by atoms with van der Waals surface area (Å²) in [5.41, 5.74) is 0. The largest absolute Gasteiger partial charge is 0.447 e. The van der Waals surface area contributed by atoms with Crippen LogP contribution in [0.3, 0.4) is 0 Å². The van der Waals surface area contributed by atoms with Crippen molar-refractivity contribution in [3.05, 3.63) is 43.1 Å². The van der Waals surface area contributed by atoms with Crippen molar-refractivity contribution in [2.45, 2.75) is 7.43 Å². The van der Waals surface area contributed by atoms with Crippen LogP contribution in [0.15, 0.2) is 0 Å². The maximum Gasteiger partial charge on any atom is 0 e. The second-order valence-electron chi connectivity index (χ2n) is 0.866. The SMILES string of the molecule is C.[CH2-]C([CH2-])[CH2-].[CH3-].[CH3-].[CH3-].[Cu].[Cu].[Y].[Y]. The summed E-state index contributed by atoms with van der Waals surface area (Å²) in [6.07, 6.45) is 0. The molecule has 0 rings (SSSR count). The summed E-state index contributed by atoms with van der Waals surface area (Å²) in [4.78, 5) is 0. The molecule has 0 bridgehead atoms. The topological polar surface area (TPSA) is 0 Å². The number of rotatable bonds is 0. The van der Waals surface area contributed by atoms with Crippen LogP contribution in [0.25, 0.3) is 0 Å². The molecule has 0 aliphatic heterocycles. The molecule has 0 spiro atoms. The Morgan fingerprint density at radius 3 is 0.667 bits per heavy atom. The van der Waals surface area contributed by atoms with Gasteiger partial charge < -0.3 is 49.0 Å². The van der Waals surface area contributed by atoms with Gasteiger partial charge in [-0.15, -0.1) is 0 Å². The summed E-state index contributed by atoms with van der Waals surface area (Å²) in [7, 11) is 0. The Bertz CT molecular complexity index is 19.8. The quantitative estimate of drug-likeness (QED) is 0.417. The van der Waals surface area contributed by atoms with Crippen molar-refractivity contribution in [2.75, 3.05) is 0 Å². The first-order chi connectivity index (χ1) is 1.73. The minimum absolute atomic E-state index is 0. The zero-order chi connectivity index (χ0) is 3.58. The molecule has 0 heterocycles. The van der Waals surface area contributed by atoms with Gasteiger partial charge in [0.25, 0.3) is 0 Å². The Balaban J connectivity index is -0.00000000161. The Hall–Kier alpha value is 3.25. The molecular weight excluding hydrogens is 401 g/mol. The Morgan fingerprint density at radius 1 is 0.667 bits per heavy atom. The van der Waals surface area contributed by atoms with Crippen LogP contribution >= 0.6 is 0 Å². The van der Waals surface area contributed by atoms with Gasteiger partial charge in [-0.3, -0.25) is 0 Å². The third-order valence-corrected chi connectivity index (χ3v) is 0. The standard InChI is InChI=1S/C4H7.CH4.3CH3.2Cu.2Y/c1-4(2)3;;;;;;;;/h4H,1-3H2;1H4;3*1H3;;;;/q-3;;3*-1;;;;. The van der Waals surface area contributed by atoms with Crippen LogP contribution in [0.1, 0.15) is 7.43 Å². The summed E-state index contributed by atoms with van der Waals surface area (Å²) in [6, 6.07) is 0. The van der Waals surface area contributed by atoms with E-state index < -0.39 is 0 Å². The molecule has 0 saturated heterocycles. The maximum atomic E-state index is 3.42. The van der Waals surface area contributed by atoms with Crippen molar-refractivity contribution in [3.63, 3.8) is 0 Å². The van der Waals surface area contributed by atoms with Crippen LogP contribution in [-0.4, -0.2) is 0 Å². The molecule has 0 saturated carbocycles. The van der Waals surface area contributed by atoms with Crippen LogP contribution in [0, 0.1) is 49.0 Å². The monoisotopic (exact) mass is 420 g/mol. The van der Waals surface area contributed by atoms with Gasteiger partial charge in [-0.1, -0.05) is 7.43 Å². The minimum Gasteiger partial charge on any atom is -0.447 e. The van der Waals surface area contributed by atoms with Gasteiger partial charge in [0.05, 0.1) is 0 Å². The van der Waals surface area contributed by atoms with E-state index in [0.717, 1.165) is 0 Å². The van der Waals surface area contributed by atoms with Gasteiger partial charge in [0, 0.05) is 99.6 Å². The summed E-state index contributed by atoms with van der Waals surface area (Å²) in [5.74, 6) is 0.0833. The number of hydrogen-bond donors (Lipinski definition) is 0. The molecule has 0 nitrogen and oxygen atoms in total. The predicted molar refractivity (Wildman–Crippen MR) is 45.5 cm³/mol. The van der Waals surface area contributed by atoms with E-state index in [1.54, 1.807) is 0 Å². The van der Waals surface area contributed by atoms with E-state index in [1.807, 2.05) is 0 Å². The fraction of sp³-hybridized carbons (Fsp3) is 0.250. The zero-order valence-electron chi connectivity index (χ0n) is 7.46. The number of hydrogen-bond acceptors (Lipinski definition) is 0. The first-order valence-electron chi connectivity index (χ1n) is 1.22. The van der Waals surface area contributed by atoms with Gasteiger partial charge in [-0.2, -0.15) is 0 Å². The third-order valence-electron chi connectivity index (χ3n) is 0. The summed E-state index contributed by atoms with van der Waals surface area (Å²) in [6.45, 7) is 10.2. The molecule has 0 aliphatic carbocycles. The van der Waals surface area contributed by atoms with Crippen LogP contribution in [0.2, 0.25) is 0 Å². The molecule has 0 N–H and O–H groups in total. The van der Waals surface area contributed by atoms with E-state index in [2.05, 4.69) is 20.8 Å². The molecule has 86 valence electrons. The van der Waals surface area contributed by atoms with Crippen LogP contribution in [0.5, 0.6) is 0 Å². The molecule has 0 aromatic rings. The van der Waals surface area contributed by atoms with E-state index in [1.165, 1.54) is 0 Å². The molecule has 0 aromatic heterocycles. The van der Waals surface area contributed by atoms with Gasteiger partial charge in [-0.25, -0.2) is 0 Å². The maximum absolute atomic E-state index is 3.42. The normalized spacial score (nSPS) is 3.00. The first kappa shape index (κ1) is 79.3. The average molecular weight is 421 g/mol. The first-order valence-corrected chi connectivity index (χ1v) is 1.22. The van der Waals surface area contributed by atoms with Gasteiger partial charge in [0.15, 0.2) is 0 Å². The van der Waals surface area contributed by atoms with Crippen LogP contribution in [0.4, 0.5) is 0 Å². The molecular formula is C8H20Cu2Y2-6. The van der Waals surface area contributed by atoms with E-state index in [9.17, 15) is 0 Å². The van der Waals surface area contributed by atoms with Gasteiger partial charge >= 0.3 is 0 Å². The molecule has 0 atom stereocenters. The second kappa shape index (κ2) is 64.1. The zero-order valence-corrected chi connectivity index (χ0v) is 15.0. The van der Waals surface area contributed by atoms with Crippen molar-refractivity contribution in [1.82, 2.24) is 0 Å². The van der Waals surface area contributed by atoms with E-state index in [-0.39, 0.29) is 135 Å². The van der Waals surface area contributed by atoms with E-state index in [4.69, 9.17) is 0 Å². The summed E-state index contributed by atoms with van der Waals surface area (Å²) >= 11 is 0. The molecule has 4 radical (unpaired) electrons. The van der Waals surface area contributed by atoms with Crippen molar-refractivity contribution in [3.8, 4) is 0 Å². The fourth-order valence-corrected chi connectivity index (χ4v) is 0. The van der Waals surface area contributed by atoms with Gasteiger partial charge in [0.2, 0.25) is 0 Å². The third kappa shape index (κ3) is 188. The van der Waals surface area contributed by atoms with Gasteiger partial charge in [-0.05, 0) is 0 Å². The van der Waals surface area contributed by atoms with Crippen LogP contribution in [-0.2, 0) is 99.6 Å². The molecule has 0 unspecified atom stereocenters. The average Bonchev–Trinajstić information content (AvgIpc) is 0.811. The summed E-state index contributed by atoms with van der Waals surface area (Å²) < 4.78 is 0. The van der Waals surface area contributed by atoms with Crippen molar-refractivity contribution < 1.29 is 99.6 Å². The Kier molecular flexibility index (Phi) is 423. The molecule has 0 aromatic carbocycles. The summed E-state index contributed by atoms with van der Waals surface area (Å²) in [5, 5.41) is 0. The van der Waals surface area contributed by atoms with Crippen molar-refractivity contribution in [2.24, 2.45) is 5.92 Å². The van der Waals surface area contributed by atoms with Gasteiger partial charge in [0.1, 0.15) is 0 Å².